The fourth-order valence-corrected chi connectivity index (χ4v) is 2.61. The summed E-state index contributed by atoms with van der Waals surface area (Å²) in [6.07, 6.45) is 0. The van der Waals surface area contributed by atoms with Crippen LogP contribution < -0.4 is 5.73 Å². The summed E-state index contributed by atoms with van der Waals surface area (Å²) < 4.78 is 1.28. The SMILES string of the molecule is Nc1cc(-c2cc3ccccc3s2)[nH]n1. The van der Waals surface area contributed by atoms with Gasteiger partial charge in [-0.1, -0.05) is 18.2 Å². The maximum absolute atomic E-state index is 5.57. The van der Waals surface area contributed by atoms with Crippen molar-refractivity contribution in [3.63, 3.8) is 0 Å². The van der Waals surface area contributed by atoms with Crippen LogP contribution in [0.15, 0.2) is 36.4 Å². The van der Waals surface area contributed by atoms with E-state index >= 15 is 0 Å². The lowest BCUT2D eigenvalue weighted by atomic mass is 10.2. The third-order valence-corrected chi connectivity index (χ3v) is 3.44. The van der Waals surface area contributed by atoms with Crippen molar-refractivity contribution in [3.05, 3.63) is 36.4 Å². The lowest BCUT2D eigenvalue weighted by molar-refractivity contribution is 1.11. The Kier molecular flexibility index (Phi) is 1.76. The number of fused-ring (bicyclic) bond motifs is 1. The fraction of sp³-hybridized carbons (Fsp3) is 0. The van der Waals surface area contributed by atoms with Gasteiger partial charge >= 0.3 is 0 Å². The molecule has 0 spiro atoms. The average Bonchev–Trinajstić information content (AvgIpc) is 2.82. The number of aromatic nitrogens is 2. The van der Waals surface area contributed by atoms with Gasteiger partial charge in [0, 0.05) is 10.8 Å². The molecular formula is C11H9N3S. The molecule has 15 heavy (non-hydrogen) atoms. The van der Waals surface area contributed by atoms with Gasteiger partial charge < -0.3 is 5.73 Å². The number of aromatic amines is 1. The lowest BCUT2D eigenvalue weighted by Crippen LogP contribution is -1.81. The predicted octanol–water partition coefficient (Wildman–Crippen LogP) is 2.87. The van der Waals surface area contributed by atoms with Crippen molar-refractivity contribution >= 4 is 27.2 Å². The Hall–Kier alpha value is -1.81. The number of hydrogen-bond donors (Lipinski definition) is 2. The number of nitrogen functional groups attached to an aromatic ring is 1. The number of anilines is 1. The molecule has 0 atom stereocenters. The minimum Gasteiger partial charge on any atom is -0.382 e. The van der Waals surface area contributed by atoms with Crippen molar-refractivity contribution in [1.29, 1.82) is 0 Å². The Labute approximate surface area is 90.5 Å². The molecule has 0 bridgehead atoms. The van der Waals surface area contributed by atoms with Crippen molar-refractivity contribution in [2.75, 3.05) is 5.73 Å². The molecule has 0 amide bonds. The van der Waals surface area contributed by atoms with Gasteiger partial charge in [0.15, 0.2) is 0 Å². The molecule has 74 valence electrons. The Morgan fingerprint density at radius 3 is 2.80 bits per heavy atom. The summed E-state index contributed by atoms with van der Waals surface area (Å²) in [5.74, 6) is 0.530. The summed E-state index contributed by atoms with van der Waals surface area (Å²) in [7, 11) is 0. The first kappa shape index (κ1) is 8.49. The zero-order valence-electron chi connectivity index (χ0n) is 7.90. The van der Waals surface area contributed by atoms with Crippen LogP contribution in [0, 0.1) is 0 Å². The first-order chi connectivity index (χ1) is 7.33. The smallest absolute Gasteiger partial charge is 0.145 e. The molecule has 3 N–H and O–H groups in total. The number of nitrogens with zero attached hydrogens (tertiary/aromatic N) is 1. The normalized spacial score (nSPS) is 10.9. The Bertz CT molecular complexity index is 576. The first-order valence-electron chi connectivity index (χ1n) is 4.63. The highest BCUT2D eigenvalue weighted by molar-refractivity contribution is 7.22. The Morgan fingerprint density at radius 2 is 2.07 bits per heavy atom. The minimum atomic E-state index is 0.530. The summed E-state index contributed by atoms with van der Waals surface area (Å²) in [6.45, 7) is 0. The number of benzene rings is 1. The number of thiophene rings is 1. The maximum atomic E-state index is 5.57. The van der Waals surface area contributed by atoms with Crippen LogP contribution in [0.5, 0.6) is 0 Å². The van der Waals surface area contributed by atoms with E-state index < -0.39 is 0 Å². The van der Waals surface area contributed by atoms with Crippen molar-refractivity contribution < 1.29 is 0 Å². The predicted molar refractivity (Wildman–Crippen MR) is 63.8 cm³/mol. The number of rotatable bonds is 1. The van der Waals surface area contributed by atoms with Crippen molar-refractivity contribution in [1.82, 2.24) is 10.2 Å². The molecule has 0 fully saturated rings. The molecule has 0 aliphatic rings. The van der Waals surface area contributed by atoms with Gasteiger partial charge in [-0.05, 0) is 17.5 Å². The van der Waals surface area contributed by atoms with Crippen LogP contribution in [-0.4, -0.2) is 10.2 Å². The molecule has 0 radical (unpaired) electrons. The van der Waals surface area contributed by atoms with E-state index in [1.807, 2.05) is 18.2 Å². The van der Waals surface area contributed by atoms with E-state index in [1.54, 1.807) is 11.3 Å². The summed E-state index contributed by atoms with van der Waals surface area (Å²) >= 11 is 1.74. The van der Waals surface area contributed by atoms with E-state index in [1.165, 1.54) is 15.0 Å². The van der Waals surface area contributed by atoms with E-state index in [-0.39, 0.29) is 0 Å². The first-order valence-corrected chi connectivity index (χ1v) is 5.44. The highest BCUT2D eigenvalue weighted by atomic mass is 32.1. The van der Waals surface area contributed by atoms with Gasteiger partial charge in [-0.3, -0.25) is 5.10 Å². The maximum Gasteiger partial charge on any atom is 0.145 e. The summed E-state index contributed by atoms with van der Waals surface area (Å²) in [4.78, 5) is 1.17. The molecule has 0 aliphatic heterocycles. The van der Waals surface area contributed by atoms with Crippen molar-refractivity contribution in [3.8, 4) is 10.6 Å². The van der Waals surface area contributed by atoms with Gasteiger partial charge in [-0.25, -0.2) is 0 Å². The van der Waals surface area contributed by atoms with Crippen LogP contribution in [0.25, 0.3) is 20.7 Å². The topological polar surface area (TPSA) is 54.7 Å². The summed E-state index contributed by atoms with van der Waals surface area (Å²) in [6, 6.07) is 12.3. The monoisotopic (exact) mass is 215 g/mol. The standard InChI is InChI=1S/C11H9N3S/c12-11-6-8(13-14-11)10-5-7-3-1-2-4-9(7)15-10/h1-6H,(H3,12,13,14). The second-order valence-electron chi connectivity index (χ2n) is 3.35. The van der Waals surface area contributed by atoms with Crippen LogP contribution in [-0.2, 0) is 0 Å². The largest absolute Gasteiger partial charge is 0.382 e. The molecule has 2 aromatic heterocycles. The molecule has 3 aromatic rings. The van der Waals surface area contributed by atoms with Gasteiger partial charge in [0.2, 0.25) is 0 Å². The number of nitrogens with two attached hydrogens (primary N) is 1. The van der Waals surface area contributed by atoms with Crippen molar-refractivity contribution in [2.24, 2.45) is 0 Å². The molecule has 3 nitrogen and oxygen atoms in total. The second kappa shape index (κ2) is 3.10. The molecule has 4 heteroatoms. The highest BCUT2D eigenvalue weighted by Gasteiger charge is 2.05. The number of H-pyrrole nitrogens is 1. The van der Waals surface area contributed by atoms with E-state index in [0.717, 1.165) is 5.69 Å². The average molecular weight is 215 g/mol. The quantitative estimate of drug-likeness (QED) is 0.655. The summed E-state index contributed by atoms with van der Waals surface area (Å²) in [5.41, 5.74) is 6.55. The molecule has 3 rings (SSSR count). The molecule has 0 aliphatic carbocycles. The van der Waals surface area contributed by atoms with E-state index in [9.17, 15) is 0 Å². The number of nitrogens with one attached hydrogen (secondary N) is 1. The summed E-state index contributed by atoms with van der Waals surface area (Å²) in [5, 5.41) is 8.10. The van der Waals surface area contributed by atoms with Crippen LogP contribution in [0.2, 0.25) is 0 Å². The van der Waals surface area contributed by atoms with Crippen molar-refractivity contribution in [2.45, 2.75) is 0 Å². The Morgan fingerprint density at radius 1 is 1.20 bits per heavy atom. The van der Waals surface area contributed by atoms with Crippen LogP contribution in [0.1, 0.15) is 0 Å². The van der Waals surface area contributed by atoms with Crippen LogP contribution in [0.4, 0.5) is 5.82 Å². The third-order valence-electron chi connectivity index (χ3n) is 2.29. The highest BCUT2D eigenvalue weighted by Crippen LogP contribution is 2.32. The fourth-order valence-electron chi connectivity index (χ4n) is 1.58. The molecule has 0 saturated heterocycles. The van der Waals surface area contributed by atoms with E-state index in [2.05, 4.69) is 28.4 Å². The van der Waals surface area contributed by atoms with Gasteiger partial charge in [0.25, 0.3) is 0 Å². The molecular weight excluding hydrogens is 206 g/mol. The number of hydrogen-bond acceptors (Lipinski definition) is 3. The minimum absolute atomic E-state index is 0.530. The van der Waals surface area contributed by atoms with Gasteiger partial charge in [0.05, 0.1) is 10.6 Å². The molecule has 0 saturated carbocycles. The zero-order chi connectivity index (χ0) is 10.3. The molecule has 1 aromatic carbocycles. The molecule has 0 unspecified atom stereocenters. The van der Waals surface area contributed by atoms with Gasteiger partial charge in [-0.15, -0.1) is 11.3 Å². The second-order valence-corrected chi connectivity index (χ2v) is 4.44. The van der Waals surface area contributed by atoms with E-state index in [0.29, 0.717) is 5.82 Å². The van der Waals surface area contributed by atoms with E-state index in [4.69, 9.17) is 5.73 Å². The van der Waals surface area contributed by atoms with Gasteiger partial charge in [0.1, 0.15) is 5.82 Å². The zero-order valence-corrected chi connectivity index (χ0v) is 8.71. The van der Waals surface area contributed by atoms with Crippen LogP contribution in [0.3, 0.4) is 0 Å². The Balaban J connectivity index is 2.19. The lowest BCUT2D eigenvalue weighted by Gasteiger charge is -1.85. The van der Waals surface area contributed by atoms with Crippen LogP contribution >= 0.6 is 11.3 Å². The molecule has 2 heterocycles. The third kappa shape index (κ3) is 1.39. The van der Waals surface area contributed by atoms with Gasteiger partial charge in [-0.2, -0.15) is 5.10 Å².